The highest BCUT2D eigenvalue weighted by Gasteiger charge is 2.29. The van der Waals surface area contributed by atoms with E-state index in [-0.39, 0.29) is 22.9 Å². The Hall–Kier alpha value is -1.64. The summed E-state index contributed by atoms with van der Waals surface area (Å²) in [6.07, 6.45) is 0.159. The van der Waals surface area contributed by atoms with Crippen LogP contribution in [0.3, 0.4) is 0 Å². The number of nitrogens with zero attached hydrogens (tertiary/aromatic N) is 1. The number of rotatable bonds is 2. The molecule has 3 N–H and O–H groups in total. The Morgan fingerprint density at radius 2 is 1.95 bits per heavy atom. The van der Waals surface area contributed by atoms with Crippen LogP contribution in [0.1, 0.15) is 5.56 Å². The fourth-order valence-electron chi connectivity index (χ4n) is 2.43. The van der Waals surface area contributed by atoms with Gasteiger partial charge in [0.05, 0.1) is 35.9 Å². The topological polar surface area (TPSA) is 102 Å². The van der Waals surface area contributed by atoms with Crippen LogP contribution in [0.4, 0.5) is 11.4 Å². The van der Waals surface area contributed by atoms with E-state index >= 15 is 0 Å². The lowest BCUT2D eigenvalue weighted by Gasteiger charge is -2.26. The Morgan fingerprint density at radius 3 is 2.65 bits per heavy atom. The molecular weight excluding hydrogens is 282 g/mol. The maximum atomic E-state index is 12.5. The predicted octanol–water partition coefficient (Wildman–Crippen LogP) is -0.216. The highest BCUT2D eigenvalue weighted by Crippen LogP contribution is 2.33. The molecule has 0 spiro atoms. The van der Waals surface area contributed by atoms with Crippen molar-refractivity contribution in [2.24, 2.45) is 0 Å². The molecule has 1 fully saturated rings. The third-order valence-electron chi connectivity index (χ3n) is 3.45. The molecule has 0 aromatic heterocycles. The van der Waals surface area contributed by atoms with Gasteiger partial charge < -0.3 is 15.8 Å². The van der Waals surface area contributed by atoms with E-state index in [0.717, 1.165) is 0 Å². The van der Waals surface area contributed by atoms with Gasteiger partial charge in [0.1, 0.15) is 0 Å². The molecule has 108 valence electrons. The van der Waals surface area contributed by atoms with Gasteiger partial charge in [-0.15, -0.1) is 0 Å². The lowest BCUT2D eigenvalue weighted by atomic mass is 10.1. The van der Waals surface area contributed by atoms with Crippen LogP contribution in [0.25, 0.3) is 0 Å². The normalized spacial score (nSPS) is 19.7. The van der Waals surface area contributed by atoms with E-state index in [1.165, 1.54) is 16.4 Å². The first-order valence-electron chi connectivity index (χ1n) is 6.28. The second kappa shape index (κ2) is 4.72. The molecule has 2 heterocycles. The molecule has 1 aromatic rings. The number of carbonyl (C=O) groups excluding carboxylic acids is 1. The van der Waals surface area contributed by atoms with E-state index < -0.39 is 10.0 Å². The Bertz CT molecular complexity index is 666. The minimum atomic E-state index is -3.59. The molecule has 1 saturated heterocycles. The number of hydrogen-bond acceptors (Lipinski definition) is 5. The van der Waals surface area contributed by atoms with Gasteiger partial charge in [-0.3, -0.25) is 4.79 Å². The fourth-order valence-corrected chi connectivity index (χ4v) is 3.92. The van der Waals surface area contributed by atoms with E-state index in [1.54, 1.807) is 0 Å². The van der Waals surface area contributed by atoms with Crippen LogP contribution in [-0.2, 0) is 26.0 Å². The van der Waals surface area contributed by atoms with Crippen LogP contribution in [0.2, 0.25) is 0 Å². The van der Waals surface area contributed by atoms with Crippen LogP contribution in [0.15, 0.2) is 17.0 Å². The number of nitrogens with one attached hydrogen (secondary N) is 1. The number of benzene rings is 1. The van der Waals surface area contributed by atoms with Crippen LogP contribution in [0, 0.1) is 0 Å². The number of hydrogen-bond donors (Lipinski definition) is 2. The summed E-state index contributed by atoms with van der Waals surface area (Å²) >= 11 is 0. The molecule has 2 aliphatic rings. The quantitative estimate of drug-likeness (QED) is 0.735. The van der Waals surface area contributed by atoms with Gasteiger partial charge in [0, 0.05) is 13.1 Å². The number of nitrogens with two attached hydrogens (primary N) is 1. The molecule has 7 nitrogen and oxygen atoms in total. The largest absolute Gasteiger partial charge is 0.397 e. The van der Waals surface area contributed by atoms with Crippen LogP contribution >= 0.6 is 0 Å². The van der Waals surface area contributed by atoms with E-state index in [1.807, 2.05) is 0 Å². The number of nitrogen functional groups attached to an aromatic ring is 1. The second-order valence-electron chi connectivity index (χ2n) is 4.79. The molecule has 0 atom stereocenters. The maximum absolute atomic E-state index is 12.5. The van der Waals surface area contributed by atoms with Crippen LogP contribution in [-0.4, -0.2) is 44.9 Å². The van der Waals surface area contributed by atoms with Gasteiger partial charge in [-0.05, 0) is 17.7 Å². The van der Waals surface area contributed by atoms with Crippen molar-refractivity contribution in [3.05, 3.63) is 17.7 Å². The molecule has 8 heteroatoms. The molecule has 0 aliphatic carbocycles. The lowest BCUT2D eigenvalue weighted by molar-refractivity contribution is -0.115. The molecule has 0 bridgehead atoms. The highest BCUT2D eigenvalue weighted by atomic mass is 32.2. The highest BCUT2D eigenvalue weighted by molar-refractivity contribution is 7.89. The van der Waals surface area contributed by atoms with Crippen LogP contribution in [0.5, 0.6) is 0 Å². The van der Waals surface area contributed by atoms with Crippen molar-refractivity contribution >= 4 is 27.3 Å². The SMILES string of the molecule is Nc1cc(S(=O)(=O)N2CCOCC2)cc2c1NC(=O)C2. The molecule has 20 heavy (non-hydrogen) atoms. The standard InChI is InChI=1S/C12H15N3O4S/c13-10-7-9(5-8-6-11(16)14-12(8)10)20(17,18)15-1-3-19-4-2-15/h5,7H,1-4,6,13H2,(H,14,16). The summed E-state index contributed by atoms with van der Waals surface area (Å²) in [6.45, 7) is 1.44. The molecule has 3 rings (SSSR count). The summed E-state index contributed by atoms with van der Waals surface area (Å²) < 4.78 is 31.6. The summed E-state index contributed by atoms with van der Waals surface area (Å²) in [6, 6.07) is 2.92. The van der Waals surface area contributed by atoms with Crippen molar-refractivity contribution in [3.8, 4) is 0 Å². The van der Waals surface area contributed by atoms with Crippen molar-refractivity contribution in [2.45, 2.75) is 11.3 Å². The third-order valence-corrected chi connectivity index (χ3v) is 5.32. The van der Waals surface area contributed by atoms with Crippen molar-refractivity contribution in [1.29, 1.82) is 0 Å². The first kappa shape index (κ1) is 13.3. The molecule has 0 radical (unpaired) electrons. The minimum Gasteiger partial charge on any atom is -0.397 e. The van der Waals surface area contributed by atoms with E-state index in [9.17, 15) is 13.2 Å². The number of amides is 1. The van der Waals surface area contributed by atoms with E-state index in [4.69, 9.17) is 10.5 Å². The number of anilines is 2. The summed E-state index contributed by atoms with van der Waals surface area (Å²) in [5.74, 6) is -0.173. The van der Waals surface area contributed by atoms with E-state index in [0.29, 0.717) is 37.6 Å². The molecule has 1 amide bonds. The van der Waals surface area contributed by atoms with Crippen molar-refractivity contribution in [1.82, 2.24) is 4.31 Å². The van der Waals surface area contributed by atoms with Gasteiger partial charge in [-0.2, -0.15) is 4.31 Å². The summed E-state index contributed by atoms with van der Waals surface area (Å²) in [5.41, 5.74) is 7.27. The van der Waals surface area contributed by atoms with Gasteiger partial charge in [0.2, 0.25) is 15.9 Å². The zero-order chi connectivity index (χ0) is 14.3. The first-order valence-corrected chi connectivity index (χ1v) is 7.72. The van der Waals surface area contributed by atoms with Crippen molar-refractivity contribution in [3.63, 3.8) is 0 Å². The number of sulfonamides is 1. The number of ether oxygens (including phenoxy) is 1. The molecule has 0 unspecified atom stereocenters. The van der Waals surface area contributed by atoms with Crippen molar-refractivity contribution in [2.75, 3.05) is 37.4 Å². The van der Waals surface area contributed by atoms with Gasteiger partial charge in [-0.1, -0.05) is 0 Å². The number of fused-ring (bicyclic) bond motifs is 1. The van der Waals surface area contributed by atoms with Gasteiger partial charge in [-0.25, -0.2) is 8.42 Å². The summed E-state index contributed by atoms with van der Waals surface area (Å²) in [7, 11) is -3.59. The number of carbonyl (C=O) groups is 1. The van der Waals surface area contributed by atoms with Gasteiger partial charge >= 0.3 is 0 Å². The van der Waals surface area contributed by atoms with Gasteiger partial charge in [0.15, 0.2) is 0 Å². The monoisotopic (exact) mass is 297 g/mol. The Kier molecular flexibility index (Phi) is 3.15. The molecular formula is C12H15N3O4S. The second-order valence-corrected chi connectivity index (χ2v) is 6.73. The average Bonchev–Trinajstić information content (AvgIpc) is 2.81. The van der Waals surface area contributed by atoms with Crippen molar-refractivity contribution < 1.29 is 17.9 Å². The minimum absolute atomic E-state index is 0.132. The summed E-state index contributed by atoms with van der Waals surface area (Å²) in [4.78, 5) is 11.5. The fraction of sp³-hybridized carbons (Fsp3) is 0.417. The lowest BCUT2D eigenvalue weighted by Crippen LogP contribution is -2.40. The zero-order valence-corrected chi connectivity index (χ0v) is 11.6. The average molecular weight is 297 g/mol. The smallest absolute Gasteiger partial charge is 0.243 e. The maximum Gasteiger partial charge on any atom is 0.243 e. The van der Waals surface area contributed by atoms with E-state index in [2.05, 4.69) is 5.32 Å². The Morgan fingerprint density at radius 1 is 1.25 bits per heavy atom. The van der Waals surface area contributed by atoms with Gasteiger partial charge in [0.25, 0.3) is 0 Å². The molecule has 1 aromatic carbocycles. The van der Waals surface area contributed by atoms with Crippen LogP contribution < -0.4 is 11.1 Å². The Balaban J connectivity index is 2.00. The molecule has 0 saturated carbocycles. The zero-order valence-electron chi connectivity index (χ0n) is 10.8. The summed E-state index contributed by atoms with van der Waals surface area (Å²) in [5, 5.41) is 2.63. The number of morpholine rings is 1. The molecule has 2 aliphatic heterocycles. The third kappa shape index (κ3) is 2.15. The predicted molar refractivity (Wildman–Crippen MR) is 72.8 cm³/mol. The Labute approximate surface area is 116 Å². The first-order chi connectivity index (χ1) is 9.48.